The van der Waals surface area contributed by atoms with Crippen LogP contribution in [0.2, 0.25) is 0 Å². The molecular formula is C19H24BrNS2. The second-order valence-corrected chi connectivity index (χ2v) is 9.18. The standard InChI is InChI=1S/C19H24NS2.BrH/c1-20(2)15-7-8-16(20)12-14(11-15)13-17(18-5-3-9-21-18)19-6-4-10-22-19;/h3-6,9-10,13-16H,7-8,11-12H2,1-2H3;1H/q+1;/p-1/t14-,15+,16-;. The number of halogens is 1. The highest BCUT2D eigenvalue weighted by Crippen LogP contribution is 2.44. The summed E-state index contributed by atoms with van der Waals surface area (Å²) in [6, 6.07) is 10.6. The van der Waals surface area contributed by atoms with Crippen LogP contribution in [0.3, 0.4) is 0 Å². The summed E-state index contributed by atoms with van der Waals surface area (Å²) in [5, 5.41) is 4.39. The van der Waals surface area contributed by atoms with Crippen LogP contribution in [-0.2, 0) is 0 Å². The Morgan fingerprint density at radius 1 is 1.00 bits per heavy atom. The molecule has 0 N–H and O–H groups in total. The molecule has 2 aliphatic rings. The first-order chi connectivity index (χ1) is 10.6. The molecule has 0 radical (unpaired) electrons. The fourth-order valence-electron chi connectivity index (χ4n) is 4.44. The Hall–Kier alpha value is -0.420. The van der Waals surface area contributed by atoms with Crippen molar-refractivity contribution in [2.24, 2.45) is 5.92 Å². The van der Waals surface area contributed by atoms with Gasteiger partial charge in [-0.1, -0.05) is 18.2 Å². The van der Waals surface area contributed by atoms with Crippen molar-refractivity contribution >= 4 is 28.2 Å². The van der Waals surface area contributed by atoms with Gasteiger partial charge in [0.2, 0.25) is 0 Å². The Kier molecular flexibility index (Phi) is 5.17. The minimum absolute atomic E-state index is 0. The van der Waals surface area contributed by atoms with Crippen LogP contribution >= 0.6 is 22.7 Å². The van der Waals surface area contributed by atoms with Gasteiger partial charge >= 0.3 is 0 Å². The average Bonchev–Trinajstić information content (AvgIpc) is 3.19. The summed E-state index contributed by atoms with van der Waals surface area (Å²) < 4.78 is 1.26. The Morgan fingerprint density at radius 2 is 1.52 bits per heavy atom. The van der Waals surface area contributed by atoms with Crippen LogP contribution in [0.4, 0.5) is 0 Å². The van der Waals surface area contributed by atoms with Crippen molar-refractivity contribution in [2.75, 3.05) is 14.1 Å². The van der Waals surface area contributed by atoms with Crippen LogP contribution < -0.4 is 17.0 Å². The van der Waals surface area contributed by atoms with Crippen LogP contribution in [-0.4, -0.2) is 30.7 Å². The molecule has 0 amide bonds. The summed E-state index contributed by atoms with van der Waals surface area (Å²) in [5.41, 5.74) is 1.47. The quantitative estimate of drug-likeness (QED) is 0.681. The van der Waals surface area contributed by atoms with E-state index in [9.17, 15) is 0 Å². The number of allylic oxidation sites excluding steroid dienone is 1. The molecule has 4 heterocycles. The van der Waals surface area contributed by atoms with Gasteiger partial charge in [0.1, 0.15) is 0 Å². The van der Waals surface area contributed by atoms with Gasteiger partial charge in [-0.05, 0) is 28.8 Å². The van der Waals surface area contributed by atoms with E-state index in [4.69, 9.17) is 0 Å². The normalized spacial score (nSPS) is 28.2. The third kappa shape index (κ3) is 3.23. The van der Waals surface area contributed by atoms with E-state index in [1.807, 2.05) is 22.7 Å². The van der Waals surface area contributed by atoms with Crippen molar-refractivity contribution < 1.29 is 21.5 Å². The Labute approximate surface area is 158 Å². The van der Waals surface area contributed by atoms with Gasteiger partial charge in [0.05, 0.1) is 26.2 Å². The zero-order chi connectivity index (χ0) is 15.2. The molecule has 2 saturated heterocycles. The van der Waals surface area contributed by atoms with Gasteiger partial charge in [0.15, 0.2) is 0 Å². The monoisotopic (exact) mass is 409 g/mol. The molecule has 2 aliphatic heterocycles. The summed E-state index contributed by atoms with van der Waals surface area (Å²) >= 11 is 3.74. The van der Waals surface area contributed by atoms with Crippen LogP contribution in [0.5, 0.6) is 0 Å². The summed E-state index contributed by atoms with van der Waals surface area (Å²) in [4.78, 5) is 2.85. The van der Waals surface area contributed by atoms with Crippen molar-refractivity contribution in [1.82, 2.24) is 0 Å². The molecule has 124 valence electrons. The molecule has 2 aromatic rings. The van der Waals surface area contributed by atoms with E-state index < -0.39 is 0 Å². The SMILES string of the molecule is C[N+]1(C)[C@@H]2CC[C@H]1C[C@@H](C=C(c1cccs1)c1cccs1)C2.[Br-]. The molecule has 2 fully saturated rings. The molecule has 2 aromatic heterocycles. The molecule has 0 saturated carbocycles. The van der Waals surface area contributed by atoms with Crippen molar-refractivity contribution in [3.8, 4) is 0 Å². The lowest BCUT2D eigenvalue weighted by Crippen LogP contribution is -3.00. The molecule has 4 heteroatoms. The highest BCUT2D eigenvalue weighted by molar-refractivity contribution is 7.13. The topological polar surface area (TPSA) is 0 Å². The van der Waals surface area contributed by atoms with E-state index in [1.54, 1.807) is 0 Å². The zero-order valence-corrected chi connectivity index (χ0v) is 17.0. The van der Waals surface area contributed by atoms with Gasteiger partial charge in [-0.25, -0.2) is 0 Å². The number of rotatable bonds is 3. The molecule has 0 unspecified atom stereocenters. The third-order valence-electron chi connectivity index (χ3n) is 5.84. The molecule has 1 nitrogen and oxygen atoms in total. The van der Waals surface area contributed by atoms with Crippen LogP contribution in [0.25, 0.3) is 5.57 Å². The molecule has 0 spiro atoms. The fraction of sp³-hybridized carbons (Fsp3) is 0.474. The van der Waals surface area contributed by atoms with Crippen LogP contribution in [0.1, 0.15) is 35.4 Å². The number of piperidine rings is 1. The van der Waals surface area contributed by atoms with Crippen LogP contribution in [0, 0.1) is 5.92 Å². The van der Waals surface area contributed by atoms with E-state index in [0.29, 0.717) is 0 Å². The predicted molar refractivity (Wildman–Crippen MR) is 97.4 cm³/mol. The fourth-order valence-corrected chi connectivity index (χ4v) is 6.04. The maximum atomic E-state index is 2.60. The first kappa shape index (κ1) is 17.4. The summed E-state index contributed by atoms with van der Waals surface area (Å²) in [6.07, 6.45) is 8.18. The van der Waals surface area contributed by atoms with Crippen molar-refractivity contribution in [3.05, 3.63) is 50.9 Å². The molecule has 4 rings (SSSR count). The van der Waals surface area contributed by atoms with Gasteiger partial charge in [0, 0.05) is 41.0 Å². The summed E-state index contributed by atoms with van der Waals surface area (Å²) in [7, 11) is 4.89. The minimum Gasteiger partial charge on any atom is -1.00 e. The van der Waals surface area contributed by atoms with Crippen molar-refractivity contribution in [1.29, 1.82) is 0 Å². The first-order valence-electron chi connectivity index (χ1n) is 8.27. The lowest BCUT2D eigenvalue weighted by Gasteiger charge is -2.43. The zero-order valence-electron chi connectivity index (χ0n) is 13.7. The Morgan fingerprint density at radius 3 is 1.96 bits per heavy atom. The number of hydrogen-bond acceptors (Lipinski definition) is 2. The predicted octanol–water partition coefficient (Wildman–Crippen LogP) is 2.26. The highest BCUT2D eigenvalue weighted by Gasteiger charge is 2.48. The smallest absolute Gasteiger partial charge is 0.0896 e. The number of quaternary nitrogens is 1. The molecule has 23 heavy (non-hydrogen) atoms. The van der Waals surface area contributed by atoms with E-state index in [2.05, 4.69) is 55.2 Å². The van der Waals surface area contributed by atoms with Gasteiger partial charge in [0.25, 0.3) is 0 Å². The number of thiophene rings is 2. The maximum absolute atomic E-state index is 2.60. The van der Waals surface area contributed by atoms with Crippen LogP contribution in [0.15, 0.2) is 41.1 Å². The molecule has 2 bridgehead atoms. The van der Waals surface area contributed by atoms with E-state index in [-0.39, 0.29) is 17.0 Å². The van der Waals surface area contributed by atoms with Gasteiger partial charge < -0.3 is 21.5 Å². The first-order valence-corrected chi connectivity index (χ1v) is 10.0. The van der Waals surface area contributed by atoms with Crippen molar-refractivity contribution in [2.45, 2.75) is 37.8 Å². The average molecular weight is 410 g/mol. The lowest BCUT2D eigenvalue weighted by molar-refractivity contribution is -0.931. The Balaban J connectivity index is 0.00000156. The van der Waals surface area contributed by atoms with E-state index in [0.717, 1.165) is 18.0 Å². The number of hydrogen-bond donors (Lipinski definition) is 0. The second-order valence-electron chi connectivity index (χ2n) is 7.28. The number of nitrogens with zero attached hydrogens (tertiary/aromatic N) is 1. The minimum atomic E-state index is 0. The third-order valence-corrected chi connectivity index (χ3v) is 7.65. The number of fused-ring (bicyclic) bond motifs is 2. The second kappa shape index (κ2) is 6.83. The maximum Gasteiger partial charge on any atom is 0.0896 e. The van der Waals surface area contributed by atoms with Crippen molar-refractivity contribution in [3.63, 3.8) is 0 Å². The van der Waals surface area contributed by atoms with Gasteiger partial charge in [-0.3, -0.25) is 0 Å². The molecular weight excluding hydrogens is 386 g/mol. The van der Waals surface area contributed by atoms with E-state index in [1.165, 1.54) is 45.5 Å². The molecule has 0 aromatic carbocycles. The molecule has 0 aliphatic carbocycles. The highest BCUT2D eigenvalue weighted by atomic mass is 79.9. The summed E-state index contributed by atoms with van der Waals surface area (Å²) in [5.74, 6) is 0.753. The van der Waals surface area contributed by atoms with Gasteiger partial charge in [-0.2, -0.15) is 0 Å². The lowest BCUT2D eigenvalue weighted by atomic mass is 9.87. The largest absolute Gasteiger partial charge is 1.00 e. The van der Waals surface area contributed by atoms with Gasteiger partial charge in [-0.15, -0.1) is 22.7 Å². The summed E-state index contributed by atoms with van der Waals surface area (Å²) in [6.45, 7) is 0. The van der Waals surface area contributed by atoms with E-state index >= 15 is 0 Å². The molecule has 3 atom stereocenters. The Bertz CT molecular complexity index is 605.